The van der Waals surface area contributed by atoms with E-state index in [1.54, 1.807) is 16.0 Å². The van der Waals surface area contributed by atoms with Crippen LogP contribution in [0.25, 0.3) is 11.1 Å². The number of hydrogen-bond donors (Lipinski definition) is 1. The third-order valence-electron chi connectivity index (χ3n) is 5.59. The standard InChI is InChI=1S/C20H19N3O4/c24-11-17-16-9-14-8-12(3-5-15(14)23(16)20(26)27-17)13-4-6-18(21-10-13)22-7-1-2-19(22)25/h3-6,8,10,16-17,24H,1-2,7,9,11H2/t16-,17-/m0/s1. The molecular weight excluding hydrogens is 346 g/mol. The molecule has 1 aromatic carbocycles. The van der Waals surface area contributed by atoms with Crippen LogP contribution >= 0.6 is 0 Å². The summed E-state index contributed by atoms with van der Waals surface area (Å²) in [6.07, 6.45) is 3.03. The number of anilines is 2. The van der Waals surface area contributed by atoms with Crippen molar-refractivity contribution in [2.24, 2.45) is 0 Å². The highest BCUT2D eigenvalue weighted by molar-refractivity contribution is 5.95. The maximum atomic E-state index is 12.1. The minimum Gasteiger partial charge on any atom is -0.441 e. The molecule has 0 unspecified atom stereocenters. The van der Waals surface area contributed by atoms with Crippen LogP contribution < -0.4 is 9.80 Å². The summed E-state index contributed by atoms with van der Waals surface area (Å²) in [6, 6.07) is 9.64. The van der Waals surface area contributed by atoms with Crippen LogP contribution in [0.4, 0.5) is 16.3 Å². The Balaban J connectivity index is 1.43. The summed E-state index contributed by atoms with van der Waals surface area (Å²) in [4.78, 5) is 31.8. The Morgan fingerprint density at radius 1 is 1.19 bits per heavy atom. The van der Waals surface area contributed by atoms with Gasteiger partial charge in [0.25, 0.3) is 0 Å². The quantitative estimate of drug-likeness (QED) is 0.901. The Kier molecular flexibility index (Phi) is 3.65. The zero-order valence-electron chi connectivity index (χ0n) is 14.7. The van der Waals surface area contributed by atoms with Gasteiger partial charge in [-0.25, -0.2) is 9.78 Å². The van der Waals surface area contributed by atoms with E-state index in [9.17, 15) is 14.7 Å². The lowest BCUT2D eigenvalue weighted by atomic mass is 10.0. The third kappa shape index (κ3) is 2.49. The zero-order valence-corrected chi connectivity index (χ0v) is 14.7. The first kappa shape index (κ1) is 16.3. The van der Waals surface area contributed by atoms with E-state index in [0.29, 0.717) is 18.7 Å². The summed E-state index contributed by atoms with van der Waals surface area (Å²) >= 11 is 0. The Morgan fingerprint density at radius 3 is 2.74 bits per heavy atom. The van der Waals surface area contributed by atoms with Crippen molar-refractivity contribution < 1.29 is 19.4 Å². The molecule has 3 aliphatic heterocycles. The highest BCUT2D eigenvalue weighted by Gasteiger charge is 2.47. The first-order valence-electron chi connectivity index (χ1n) is 9.16. The Morgan fingerprint density at radius 2 is 2.04 bits per heavy atom. The Hall–Kier alpha value is -2.93. The number of hydrogen-bond acceptors (Lipinski definition) is 5. The van der Waals surface area contributed by atoms with Crippen molar-refractivity contribution >= 4 is 23.5 Å². The van der Waals surface area contributed by atoms with E-state index in [2.05, 4.69) is 11.1 Å². The SMILES string of the molecule is O=C1CCCN1c1ccc(-c2ccc3c(c2)C[C@H]2[C@H](CO)OC(=O)N32)cn1. The van der Waals surface area contributed by atoms with Crippen molar-refractivity contribution in [2.45, 2.75) is 31.4 Å². The van der Waals surface area contributed by atoms with Crippen LogP contribution in [0, 0.1) is 0 Å². The van der Waals surface area contributed by atoms with Crippen LogP contribution in [0.2, 0.25) is 0 Å². The van der Waals surface area contributed by atoms with Crippen molar-refractivity contribution in [2.75, 3.05) is 23.0 Å². The molecule has 0 bridgehead atoms. The second-order valence-electron chi connectivity index (χ2n) is 7.14. The van der Waals surface area contributed by atoms with Crippen LogP contribution in [0.5, 0.6) is 0 Å². The number of amides is 2. The van der Waals surface area contributed by atoms with Gasteiger partial charge in [0.15, 0.2) is 0 Å². The molecule has 0 radical (unpaired) electrons. The second kappa shape index (κ2) is 6.06. The number of benzene rings is 1. The van der Waals surface area contributed by atoms with E-state index in [1.165, 1.54) is 0 Å². The van der Waals surface area contributed by atoms with Gasteiger partial charge < -0.3 is 9.84 Å². The first-order valence-corrected chi connectivity index (χ1v) is 9.16. The highest BCUT2D eigenvalue weighted by Crippen LogP contribution is 2.40. The van der Waals surface area contributed by atoms with Gasteiger partial charge in [-0.05, 0) is 48.2 Å². The molecule has 5 rings (SSSR count). The molecule has 138 valence electrons. The number of aromatic nitrogens is 1. The normalized spacial score (nSPS) is 23.6. The van der Waals surface area contributed by atoms with Gasteiger partial charge in [0, 0.05) is 24.7 Å². The lowest BCUT2D eigenvalue weighted by molar-refractivity contribution is -0.117. The van der Waals surface area contributed by atoms with E-state index in [0.717, 1.165) is 35.3 Å². The molecule has 2 aromatic rings. The Labute approximate surface area is 156 Å². The van der Waals surface area contributed by atoms with Crippen molar-refractivity contribution in [3.05, 3.63) is 42.1 Å². The summed E-state index contributed by atoms with van der Waals surface area (Å²) in [5, 5.41) is 9.44. The van der Waals surface area contributed by atoms with E-state index >= 15 is 0 Å². The lowest BCUT2D eigenvalue weighted by Gasteiger charge is -2.15. The molecule has 0 saturated carbocycles. The van der Waals surface area contributed by atoms with Crippen molar-refractivity contribution in [1.29, 1.82) is 0 Å². The summed E-state index contributed by atoms with van der Waals surface area (Å²) < 4.78 is 5.21. The number of aliphatic hydroxyl groups excluding tert-OH is 1. The lowest BCUT2D eigenvalue weighted by Crippen LogP contribution is -2.34. The van der Waals surface area contributed by atoms with Gasteiger partial charge in [-0.3, -0.25) is 14.6 Å². The zero-order chi connectivity index (χ0) is 18.5. The molecule has 2 fully saturated rings. The fraction of sp³-hybridized carbons (Fsp3) is 0.350. The van der Waals surface area contributed by atoms with Crippen molar-refractivity contribution in [3.63, 3.8) is 0 Å². The van der Waals surface area contributed by atoms with E-state index in [1.807, 2.05) is 24.3 Å². The van der Waals surface area contributed by atoms with E-state index in [4.69, 9.17) is 4.74 Å². The second-order valence-corrected chi connectivity index (χ2v) is 7.14. The highest BCUT2D eigenvalue weighted by atomic mass is 16.6. The number of cyclic esters (lactones) is 1. The largest absolute Gasteiger partial charge is 0.441 e. The minimum absolute atomic E-state index is 0.124. The van der Waals surface area contributed by atoms with Gasteiger partial charge >= 0.3 is 6.09 Å². The molecule has 2 atom stereocenters. The average molecular weight is 365 g/mol. The summed E-state index contributed by atoms with van der Waals surface area (Å²) in [6.45, 7) is 0.553. The molecule has 7 nitrogen and oxygen atoms in total. The fourth-order valence-corrected chi connectivity index (χ4v) is 4.22. The van der Waals surface area contributed by atoms with Crippen LogP contribution in [0.3, 0.4) is 0 Å². The molecule has 2 saturated heterocycles. The average Bonchev–Trinajstić information content (AvgIpc) is 3.36. The summed E-state index contributed by atoms with van der Waals surface area (Å²) in [7, 11) is 0. The first-order chi connectivity index (χ1) is 13.2. The molecule has 4 heterocycles. The van der Waals surface area contributed by atoms with Crippen LogP contribution in [0.15, 0.2) is 36.5 Å². The topological polar surface area (TPSA) is 83.0 Å². The molecule has 1 aromatic heterocycles. The van der Waals surface area contributed by atoms with E-state index < -0.39 is 12.2 Å². The number of nitrogens with zero attached hydrogens (tertiary/aromatic N) is 3. The number of aliphatic hydroxyl groups is 1. The predicted octanol–water partition coefficient (Wildman–Crippen LogP) is 2.12. The monoisotopic (exact) mass is 365 g/mol. The molecule has 0 aliphatic carbocycles. The molecule has 3 aliphatic rings. The summed E-state index contributed by atoms with van der Waals surface area (Å²) in [5.41, 5.74) is 3.88. The number of fused-ring (bicyclic) bond motifs is 3. The van der Waals surface area contributed by atoms with Crippen molar-refractivity contribution in [1.82, 2.24) is 4.98 Å². The number of pyridine rings is 1. The summed E-state index contributed by atoms with van der Waals surface area (Å²) in [5.74, 6) is 0.815. The van der Waals surface area contributed by atoms with Crippen molar-refractivity contribution in [3.8, 4) is 11.1 Å². The van der Waals surface area contributed by atoms with Gasteiger partial charge in [-0.1, -0.05) is 6.07 Å². The number of ether oxygens (including phenoxy) is 1. The van der Waals surface area contributed by atoms with Crippen LogP contribution in [-0.4, -0.2) is 47.4 Å². The number of carbonyl (C=O) groups is 2. The molecule has 27 heavy (non-hydrogen) atoms. The van der Waals surface area contributed by atoms with Gasteiger partial charge in [0.2, 0.25) is 5.91 Å². The smallest absolute Gasteiger partial charge is 0.415 e. The van der Waals surface area contributed by atoms with Gasteiger partial charge in [0.1, 0.15) is 11.9 Å². The number of rotatable bonds is 3. The molecule has 2 amide bonds. The molecule has 1 N–H and O–H groups in total. The molecule has 7 heteroatoms. The minimum atomic E-state index is -0.479. The molecular formula is C20H19N3O4. The fourth-order valence-electron chi connectivity index (χ4n) is 4.22. The van der Waals surface area contributed by atoms with E-state index in [-0.39, 0.29) is 18.6 Å². The number of carbonyl (C=O) groups excluding carboxylic acids is 2. The van der Waals surface area contributed by atoms with Gasteiger partial charge in [-0.15, -0.1) is 0 Å². The van der Waals surface area contributed by atoms with Gasteiger partial charge in [0.05, 0.1) is 18.3 Å². The predicted molar refractivity (Wildman–Crippen MR) is 98.6 cm³/mol. The van der Waals surface area contributed by atoms with Crippen LogP contribution in [-0.2, 0) is 16.0 Å². The molecule has 0 spiro atoms. The third-order valence-corrected chi connectivity index (χ3v) is 5.59. The maximum Gasteiger partial charge on any atom is 0.415 e. The maximum absolute atomic E-state index is 12.1. The Bertz CT molecular complexity index is 927. The van der Waals surface area contributed by atoms with Crippen LogP contribution in [0.1, 0.15) is 18.4 Å². The van der Waals surface area contributed by atoms with Gasteiger partial charge in [-0.2, -0.15) is 0 Å².